The van der Waals surface area contributed by atoms with Crippen LogP contribution in [0.5, 0.6) is 5.75 Å². The highest BCUT2D eigenvalue weighted by molar-refractivity contribution is 5.91. The predicted octanol–water partition coefficient (Wildman–Crippen LogP) is 3.30. The summed E-state index contributed by atoms with van der Waals surface area (Å²) >= 11 is 0. The first-order valence-electron chi connectivity index (χ1n) is 10.2. The maximum atomic E-state index is 12.4. The largest absolute Gasteiger partial charge is 0.497 e. The number of nitrogens with zero attached hydrogens (tertiary/aromatic N) is 1. The summed E-state index contributed by atoms with van der Waals surface area (Å²) in [5, 5.41) is 2.96. The van der Waals surface area contributed by atoms with Crippen LogP contribution < -0.4 is 10.1 Å². The van der Waals surface area contributed by atoms with E-state index in [1.807, 2.05) is 30.0 Å². The zero-order valence-corrected chi connectivity index (χ0v) is 17.7. The lowest BCUT2D eigenvalue weighted by atomic mass is 9.93. The second-order valence-corrected chi connectivity index (χ2v) is 7.55. The molecule has 1 aromatic carbocycles. The number of likely N-dealkylation sites (tertiary alicyclic amines) is 1. The molecule has 1 atom stereocenters. The number of benzene rings is 1. The number of nitrogens with one attached hydrogen (secondary N) is 1. The van der Waals surface area contributed by atoms with E-state index < -0.39 is 0 Å². The lowest BCUT2D eigenvalue weighted by molar-refractivity contribution is -0.141. The first kappa shape index (κ1) is 22.7. The van der Waals surface area contributed by atoms with Crippen LogP contribution in [-0.4, -0.2) is 50.0 Å². The number of methoxy groups -OCH3 is 2. The summed E-state index contributed by atoms with van der Waals surface area (Å²) in [5.41, 5.74) is 1.75. The summed E-state index contributed by atoms with van der Waals surface area (Å²) in [6.45, 7) is 3.37. The van der Waals surface area contributed by atoms with Gasteiger partial charge in [-0.25, -0.2) is 0 Å². The monoisotopic (exact) mass is 404 g/mol. The molecule has 0 aromatic heterocycles. The minimum Gasteiger partial charge on any atom is -0.497 e. The molecule has 0 aliphatic carbocycles. The van der Waals surface area contributed by atoms with Crippen molar-refractivity contribution in [3.05, 3.63) is 23.8 Å². The van der Waals surface area contributed by atoms with Crippen molar-refractivity contribution >= 4 is 23.5 Å². The van der Waals surface area contributed by atoms with Gasteiger partial charge in [0.1, 0.15) is 5.75 Å². The van der Waals surface area contributed by atoms with Crippen molar-refractivity contribution in [2.24, 2.45) is 5.92 Å². The SMILES string of the molecule is COC(=O)CCCC(=O)N1CCCC(CCC(=O)Nc2ccc(OC)cc2C)C1. The van der Waals surface area contributed by atoms with E-state index in [2.05, 4.69) is 10.1 Å². The van der Waals surface area contributed by atoms with Crippen molar-refractivity contribution in [1.82, 2.24) is 4.90 Å². The summed E-state index contributed by atoms with van der Waals surface area (Å²) in [6.07, 6.45) is 4.31. The first-order chi connectivity index (χ1) is 13.9. The molecule has 0 bridgehead atoms. The van der Waals surface area contributed by atoms with Crippen LogP contribution in [0, 0.1) is 12.8 Å². The molecule has 160 valence electrons. The van der Waals surface area contributed by atoms with Crippen molar-refractivity contribution < 1.29 is 23.9 Å². The average Bonchev–Trinajstić information content (AvgIpc) is 2.73. The van der Waals surface area contributed by atoms with Gasteiger partial charge in [-0.1, -0.05) is 0 Å². The highest BCUT2D eigenvalue weighted by Gasteiger charge is 2.24. The molecule has 1 fully saturated rings. The molecule has 7 heteroatoms. The summed E-state index contributed by atoms with van der Waals surface area (Å²) < 4.78 is 9.79. The van der Waals surface area contributed by atoms with E-state index in [0.29, 0.717) is 31.7 Å². The van der Waals surface area contributed by atoms with E-state index in [4.69, 9.17) is 4.74 Å². The molecule has 0 spiro atoms. The van der Waals surface area contributed by atoms with Crippen molar-refractivity contribution in [3.8, 4) is 5.75 Å². The number of carbonyl (C=O) groups is 3. The Kier molecular flexibility index (Phi) is 8.96. The van der Waals surface area contributed by atoms with E-state index in [-0.39, 0.29) is 24.2 Å². The number of hydrogen-bond acceptors (Lipinski definition) is 5. The van der Waals surface area contributed by atoms with Gasteiger partial charge in [0.15, 0.2) is 0 Å². The van der Waals surface area contributed by atoms with Crippen LogP contribution in [0.25, 0.3) is 0 Å². The fourth-order valence-electron chi connectivity index (χ4n) is 3.62. The normalized spacial score (nSPS) is 16.2. The second kappa shape index (κ2) is 11.4. The minimum atomic E-state index is -0.285. The number of amides is 2. The standard InChI is InChI=1S/C22H32N2O5/c1-16-14-18(28-2)10-11-19(16)23-20(25)12-9-17-6-5-13-24(15-17)21(26)7-4-8-22(27)29-3/h10-11,14,17H,4-9,12-13,15H2,1-3H3,(H,23,25). The zero-order valence-electron chi connectivity index (χ0n) is 17.7. The molecule has 0 saturated carbocycles. The average molecular weight is 405 g/mol. The van der Waals surface area contributed by atoms with E-state index in [0.717, 1.165) is 42.8 Å². The Hall–Kier alpha value is -2.57. The first-order valence-corrected chi connectivity index (χ1v) is 10.2. The Balaban J connectivity index is 1.75. The molecule has 2 amide bonds. The molecule has 1 heterocycles. The molecule has 2 rings (SSSR count). The van der Waals surface area contributed by atoms with Gasteiger partial charge < -0.3 is 19.7 Å². The van der Waals surface area contributed by atoms with Gasteiger partial charge in [0.05, 0.1) is 14.2 Å². The molecule has 7 nitrogen and oxygen atoms in total. The van der Waals surface area contributed by atoms with Gasteiger partial charge in [-0.3, -0.25) is 14.4 Å². The maximum Gasteiger partial charge on any atom is 0.305 e. The fraction of sp³-hybridized carbons (Fsp3) is 0.591. The van der Waals surface area contributed by atoms with Crippen molar-refractivity contribution in [3.63, 3.8) is 0 Å². The minimum absolute atomic E-state index is 0.0141. The Morgan fingerprint density at radius 3 is 2.66 bits per heavy atom. The predicted molar refractivity (Wildman–Crippen MR) is 111 cm³/mol. The van der Waals surface area contributed by atoms with Gasteiger partial charge in [-0.2, -0.15) is 0 Å². The Morgan fingerprint density at radius 1 is 1.17 bits per heavy atom. The molecule has 1 unspecified atom stereocenters. The van der Waals surface area contributed by atoms with Crippen molar-refractivity contribution in [1.29, 1.82) is 0 Å². The number of piperidine rings is 1. The molecular formula is C22H32N2O5. The van der Waals surface area contributed by atoms with Crippen molar-refractivity contribution in [2.45, 2.75) is 51.9 Å². The van der Waals surface area contributed by atoms with Gasteiger partial charge in [0, 0.05) is 38.0 Å². The van der Waals surface area contributed by atoms with Gasteiger partial charge >= 0.3 is 5.97 Å². The number of hydrogen-bond donors (Lipinski definition) is 1. The van der Waals surface area contributed by atoms with Crippen LogP contribution in [0.15, 0.2) is 18.2 Å². The smallest absolute Gasteiger partial charge is 0.305 e. The van der Waals surface area contributed by atoms with E-state index in [1.54, 1.807) is 7.11 Å². The molecule has 1 aromatic rings. The third-order valence-corrected chi connectivity index (χ3v) is 5.36. The van der Waals surface area contributed by atoms with Gasteiger partial charge in [0.25, 0.3) is 0 Å². The van der Waals surface area contributed by atoms with E-state index in [1.165, 1.54) is 7.11 Å². The number of aryl methyl sites for hydroxylation is 1. The van der Waals surface area contributed by atoms with Gasteiger partial charge in [-0.05, 0) is 62.3 Å². The lowest BCUT2D eigenvalue weighted by Crippen LogP contribution is -2.40. The van der Waals surface area contributed by atoms with Gasteiger partial charge in [0.2, 0.25) is 11.8 Å². The highest BCUT2D eigenvalue weighted by atomic mass is 16.5. The third kappa shape index (κ3) is 7.40. The van der Waals surface area contributed by atoms with Crippen LogP contribution in [0.1, 0.15) is 50.5 Å². The second-order valence-electron chi connectivity index (χ2n) is 7.55. The number of carbonyl (C=O) groups excluding carboxylic acids is 3. The van der Waals surface area contributed by atoms with Crippen LogP contribution in [0.3, 0.4) is 0 Å². The Morgan fingerprint density at radius 2 is 1.97 bits per heavy atom. The fourth-order valence-corrected chi connectivity index (χ4v) is 3.62. The number of esters is 1. The van der Waals surface area contributed by atoms with Crippen LogP contribution in [0.4, 0.5) is 5.69 Å². The number of rotatable bonds is 9. The lowest BCUT2D eigenvalue weighted by Gasteiger charge is -2.33. The molecule has 29 heavy (non-hydrogen) atoms. The highest BCUT2D eigenvalue weighted by Crippen LogP contribution is 2.24. The third-order valence-electron chi connectivity index (χ3n) is 5.36. The number of anilines is 1. The zero-order chi connectivity index (χ0) is 21.2. The van der Waals surface area contributed by atoms with Crippen LogP contribution >= 0.6 is 0 Å². The van der Waals surface area contributed by atoms with E-state index in [9.17, 15) is 14.4 Å². The summed E-state index contributed by atoms with van der Waals surface area (Å²) in [4.78, 5) is 37.7. The molecule has 0 radical (unpaired) electrons. The van der Waals surface area contributed by atoms with Crippen LogP contribution in [-0.2, 0) is 19.1 Å². The van der Waals surface area contributed by atoms with Crippen LogP contribution in [0.2, 0.25) is 0 Å². The summed E-state index contributed by atoms with van der Waals surface area (Å²) in [7, 11) is 2.97. The summed E-state index contributed by atoms with van der Waals surface area (Å²) in [5.74, 6) is 0.874. The Bertz CT molecular complexity index is 719. The molecule has 1 saturated heterocycles. The molecule has 1 aliphatic heterocycles. The quantitative estimate of drug-likeness (QED) is 0.638. The van der Waals surface area contributed by atoms with E-state index >= 15 is 0 Å². The maximum absolute atomic E-state index is 12.4. The topological polar surface area (TPSA) is 84.9 Å². The van der Waals surface area contributed by atoms with Crippen molar-refractivity contribution in [2.75, 3.05) is 32.6 Å². The molecule has 1 N–H and O–H groups in total. The molecule has 1 aliphatic rings. The van der Waals surface area contributed by atoms with Gasteiger partial charge in [-0.15, -0.1) is 0 Å². The Labute approximate surface area is 172 Å². The summed E-state index contributed by atoms with van der Waals surface area (Å²) in [6, 6.07) is 5.56. The number of ether oxygens (including phenoxy) is 2. The molecular weight excluding hydrogens is 372 g/mol.